The van der Waals surface area contributed by atoms with Gasteiger partial charge in [0.1, 0.15) is 6.10 Å². The number of urea groups is 1. The molecule has 2 heterocycles. The number of hydrogen-bond acceptors (Lipinski definition) is 4. The number of carbonyl (C=O) groups excluding carboxylic acids is 1. The number of anilines is 2. The summed E-state index contributed by atoms with van der Waals surface area (Å²) in [6, 6.07) is 10.2. The van der Waals surface area contributed by atoms with Gasteiger partial charge in [-0.05, 0) is 36.4 Å². The van der Waals surface area contributed by atoms with E-state index >= 15 is 0 Å². The predicted octanol–water partition coefficient (Wildman–Crippen LogP) is 3.04. The summed E-state index contributed by atoms with van der Waals surface area (Å²) >= 11 is 5.81. The molecule has 23 heavy (non-hydrogen) atoms. The lowest BCUT2D eigenvalue weighted by Gasteiger charge is -2.23. The number of carbonyl (C=O) groups is 1. The summed E-state index contributed by atoms with van der Waals surface area (Å²) in [5.74, 6) is 0. The Morgan fingerprint density at radius 2 is 1.91 bits per heavy atom. The zero-order valence-corrected chi connectivity index (χ0v) is 13.1. The molecule has 1 aromatic carbocycles. The van der Waals surface area contributed by atoms with Gasteiger partial charge in [-0.15, -0.1) is 0 Å². The van der Waals surface area contributed by atoms with Crippen LogP contribution < -0.4 is 16.0 Å². The molecule has 3 N–H and O–H groups in total. The van der Waals surface area contributed by atoms with E-state index in [1.165, 1.54) is 0 Å². The Hall–Kier alpha value is -2.15. The number of morpholine rings is 1. The average molecular weight is 333 g/mol. The molecule has 2 aromatic rings. The molecule has 1 unspecified atom stereocenters. The largest absolute Gasteiger partial charge is 0.369 e. The zero-order valence-electron chi connectivity index (χ0n) is 12.4. The number of ether oxygens (including phenoxy) is 1. The third-order valence-electron chi connectivity index (χ3n) is 3.40. The number of amides is 2. The van der Waals surface area contributed by atoms with Gasteiger partial charge in [-0.2, -0.15) is 0 Å². The molecule has 1 aliphatic rings. The molecule has 1 aromatic heterocycles. The third-order valence-corrected chi connectivity index (χ3v) is 3.66. The fraction of sp³-hybridized carbons (Fsp3) is 0.250. The lowest BCUT2D eigenvalue weighted by molar-refractivity contribution is 0.0250. The Bertz CT molecular complexity index is 655. The van der Waals surface area contributed by atoms with Crippen LogP contribution in [0.15, 0.2) is 42.6 Å². The van der Waals surface area contributed by atoms with Crippen molar-refractivity contribution in [3.8, 4) is 0 Å². The van der Waals surface area contributed by atoms with Crippen molar-refractivity contribution in [2.24, 2.45) is 0 Å². The summed E-state index contributed by atoms with van der Waals surface area (Å²) in [4.78, 5) is 16.3. The second-order valence-corrected chi connectivity index (χ2v) is 5.56. The molecule has 0 aliphatic carbocycles. The summed E-state index contributed by atoms with van der Waals surface area (Å²) in [5.41, 5.74) is 2.13. The minimum Gasteiger partial charge on any atom is -0.369 e. The molecule has 120 valence electrons. The first-order valence-electron chi connectivity index (χ1n) is 7.32. The highest BCUT2D eigenvalue weighted by Crippen LogP contribution is 2.18. The van der Waals surface area contributed by atoms with Crippen LogP contribution in [0.3, 0.4) is 0 Å². The van der Waals surface area contributed by atoms with Crippen molar-refractivity contribution in [3.05, 3.63) is 53.3 Å². The van der Waals surface area contributed by atoms with Gasteiger partial charge >= 0.3 is 6.03 Å². The van der Waals surface area contributed by atoms with Gasteiger partial charge in [-0.3, -0.25) is 4.98 Å². The number of hydrogen-bond donors (Lipinski definition) is 3. The van der Waals surface area contributed by atoms with Crippen LogP contribution >= 0.6 is 11.6 Å². The quantitative estimate of drug-likeness (QED) is 0.807. The van der Waals surface area contributed by atoms with Crippen molar-refractivity contribution in [2.45, 2.75) is 6.10 Å². The molecule has 1 fully saturated rings. The van der Waals surface area contributed by atoms with Gasteiger partial charge in [0.05, 0.1) is 24.2 Å². The number of benzene rings is 1. The van der Waals surface area contributed by atoms with Crippen LogP contribution in [0.25, 0.3) is 0 Å². The molecular formula is C16H17ClN4O2. The lowest BCUT2D eigenvalue weighted by Crippen LogP contribution is -2.33. The van der Waals surface area contributed by atoms with Crippen LogP contribution in [0.1, 0.15) is 11.8 Å². The monoisotopic (exact) mass is 332 g/mol. The van der Waals surface area contributed by atoms with Crippen LogP contribution in [0, 0.1) is 0 Å². The molecule has 7 heteroatoms. The molecule has 1 atom stereocenters. The minimum atomic E-state index is -0.336. The number of halogens is 1. The van der Waals surface area contributed by atoms with Gasteiger partial charge in [-0.1, -0.05) is 11.6 Å². The molecule has 0 radical (unpaired) electrons. The molecule has 0 saturated carbocycles. The fourth-order valence-corrected chi connectivity index (χ4v) is 2.38. The summed E-state index contributed by atoms with van der Waals surface area (Å²) in [6.07, 6.45) is 1.58. The standard InChI is InChI=1S/C16H17ClN4O2/c17-11-1-3-12(4-2-11)20-16(22)21-13-5-6-14(19-9-13)15-10-18-7-8-23-15/h1-6,9,15,18H,7-8,10H2,(H2,20,21,22). The Kier molecular flexibility index (Phi) is 5.07. The normalized spacial score (nSPS) is 17.5. The molecule has 0 spiro atoms. The predicted molar refractivity (Wildman–Crippen MR) is 89.9 cm³/mol. The summed E-state index contributed by atoms with van der Waals surface area (Å²) in [7, 11) is 0. The maximum Gasteiger partial charge on any atom is 0.323 e. The third kappa shape index (κ3) is 4.41. The van der Waals surface area contributed by atoms with E-state index in [1.807, 2.05) is 12.1 Å². The van der Waals surface area contributed by atoms with Crippen molar-refractivity contribution in [2.75, 3.05) is 30.3 Å². The zero-order chi connectivity index (χ0) is 16.1. The second kappa shape index (κ2) is 7.41. The van der Waals surface area contributed by atoms with E-state index < -0.39 is 0 Å². The SMILES string of the molecule is O=C(Nc1ccc(Cl)cc1)Nc1ccc(C2CNCCO2)nc1. The highest BCUT2D eigenvalue weighted by Gasteiger charge is 2.16. The number of nitrogens with one attached hydrogen (secondary N) is 3. The Morgan fingerprint density at radius 3 is 2.57 bits per heavy atom. The van der Waals surface area contributed by atoms with Gasteiger partial charge in [0.15, 0.2) is 0 Å². The van der Waals surface area contributed by atoms with Gasteiger partial charge in [0.2, 0.25) is 0 Å². The lowest BCUT2D eigenvalue weighted by atomic mass is 10.2. The number of rotatable bonds is 3. The van der Waals surface area contributed by atoms with Crippen LogP contribution in [0.2, 0.25) is 5.02 Å². The maximum atomic E-state index is 11.9. The minimum absolute atomic E-state index is 0.0410. The molecule has 1 saturated heterocycles. The maximum absolute atomic E-state index is 11.9. The van der Waals surface area contributed by atoms with Gasteiger partial charge in [0, 0.05) is 23.8 Å². The fourth-order valence-electron chi connectivity index (χ4n) is 2.25. The van der Waals surface area contributed by atoms with Crippen LogP contribution in [-0.4, -0.2) is 30.7 Å². The van der Waals surface area contributed by atoms with Gasteiger partial charge in [0.25, 0.3) is 0 Å². The summed E-state index contributed by atoms with van der Waals surface area (Å²) < 4.78 is 5.64. The van der Waals surface area contributed by atoms with Crippen molar-refractivity contribution >= 4 is 29.0 Å². The van der Waals surface area contributed by atoms with Gasteiger partial charge < -0.3 is 20.7 Å². The van der Waals surface area contributed by atoms with E-state index in [0.717, 1.165) is 18.8 Å². The van der Waals surface area contributed by atoms with Gasteiger partial charge in [-0.25, -0.2) is 4.79 Å². The molecule has 2 amide bonds. The van der Waals surface area contributed by atoms with Crippen molar-refractivity contribution in [3.63, 3.8) is 0 Å². The molecular weight excluding hydrogens is 316 g/mol. The van der Waals surface area contributed by atoms with Crippen molar-refractivity contribution < 1.29 is 9.53 Å². The van der Waals surface area contributed by atoms with E-state index in [-0.39, 0.29) is 12.1 Å². The first-order chi connectivity index (χ1) is 11.2. The van der Waals surface area contributed by atoms with Crippen LogP contribution in [0.5, 0.6) is 0 Å². The molecule has 1 aliphatic heterocycles. The first kappa shape index (κ1) is 15.7. The molecule has 6 nitrogen and oxygen atoms in total. The summed E-state index contributed by atoms with van der Waals surface area (Å²) in [5, 5.41) is 9.34. The highest BCUT2D eigenvalue weighted by atomic mass is 35.5. The van der Waals surface area contributed by atoms with E-state index in [2.05, 4.69) is 20.9 Å². The van der Waals surface area contributed by atoms with Crippen LogP contribution in [-0.2, 0) is 4.74 Å². The number of aromatic nitrogens is 1. The Labute approximate surface area is 139 Å². The van der Waals surface area contributed by atoms with E-state index in [1.54, 1.807) is 30.5 Å². The highest BCUT2D eigenvalue weighted by molar-refractivity contribution is 6.30. The number of pyridine rings is 1. The molecule has 0 bridgehead atoms. The second-order valence-electron chi connectivity index (χ2n) is 5.12. The smallest absolute Gasteiger partial charge is 0.323 e. The Morgan fingerprint density at radius 1 is 1.17 bits per heavy atom. The first-order valence-corrected chi connectivity index (χ1v) is 7.70. The topological polar surface area (TPSA) is 75.3 Å². The molecule has 3 rings (SSSR count). The average Bonchev–Trinajstić information content (AvgIpc) is 2.58. The van der Waals surface area contributed by atoms with Crippen molar-refractivity contribution in [1.29, 1.82) is 0 Å². The van der Waals surface area contributed by atoms with Crippen molar-refractivity contribution in [1.82, 2.24) is 10.3 Å². The Balaban J connectivity index is 1.57. The summed E-state index contributed by atoms with van der Waals surface area (Å²) in [6.45, 7) is 2.29. The van der Waals surface area contributed by atoms with Crippen LogP contribution in [0.4, 0.5) is 16.2 Å². The van der Waals surface area contributed by atoms with E-state index in [4.69, 9.17) is 16.3 Å². The number of nitrogens with zero attached hydrogens (tertiary/aromatic N) is 1. The van der Waals surface area contributed by atoms with E-state index in [0.29, 0.717) is 23.0 Å². The van der Waals surface area contributed by atoms with E-state index in [9.17, 15) is 4.79 Å².